The van der Waals surface area contributed by atoms with Crippen LogP contribution >= 0.6 is 0 Å². The average Bonchev–Trinajstić information content (AvgIpc) is 2.86. The van der Waals surface area contributed by atoms with E-state index in [4.69, 9.17) is 5.26 Å². The molecule has 11 heteroatoms. The van der Waals surface area contributed by atoms with Crippen molar-refractivity contribution in [1.29, 1.82) is 5.26 Å². The minimum Gasteiger partial charge on any atom is -0.335 e. The van der Waals surface area contributed by atoms with Crippen LogP contribution in [0.2, 0.25) is 0 Å². The molecule has 0 saturated carbocycles. The topological polar surface area (TPSA) is 114 Å². The number of hydrazone groups is 1. The van der Waals surface area contributed by atoms with Gasteiger partial charge in [-0.15, -0.1) is 0 Å². The van der Waals surface area contributed by atoms with E-state index in [2.05, 4.69) is 5.10 Å². The maximum atomic E-state index is 13.1. The van der Waals surface area contributed by atoms with Crippen LogP contribution in [0.5, 0.6) is 0 Å². The van der Waals surface area contributed by atoms with Crippen molar-refractivity contribution < 1.29 is 22.4 Å². The Bertz CT molecular complexity index is 1260. The first-order chi connectivity index (χ1) is 16.3. The van der Waals surface area contributed by atoms with Crippen molar-refractivity contribution >= 4 is 27.5 Å². The molecule has 0 aromatic heterocycles. The largest absolute Gasteiger partial charge is 0.335 e. The molecular weight excluding hydrogens is 461 g/mol. The molecule has 0 aliphatic carbocycles. The molecule has 9 nitrogen and oxygen atoms in total. The highest BCUT2D eigenvalue weighted by Crippen LogP contribution is 2.20. The van der Waals surface area contributed by atoms with E-state index in [0.717, 1.165) is 0 Å². The van der Waals surface area contributed by atoms with E-state index in [-0.39, 0.29) is 73.8 Å². The van der Waals surface area contributed by atoms with Gasteiger partial charge >= 0.3 is 0 Å². The van der Waals surface area contributed by atoms with Gasteiger partial charge in [-0.3, -0.25) is 9.59 Å². The minimum atomic E-state index is -3.74. The van der Waals surface area contributed by atoms with Crippen molar-refractivity contribution in [1.82, 2.24) is 14.2 Å². The SMILES string of the molecule is N#Cc1ccc(S(=O)(=O)N2CCN(C(=O)C3=NN(Cc4ccc(F)cc4)C(=O)CC3)CC2)cc1. The summed E-state index contributed by atoms with van der Waals surface area (Å²) in [5.74, 6) is -0.931. The molecule has 0 N–H and O–H groups in total. The van der Waals surface area contributed by atoms with E-state index in [1.165, 1.54) is 50.6 Å². The lowest BCUT2D eigenvalue weighted by atomic mass is 10.1. The first kappa shape index (κ1) is 23.5. The van der Waals surface area contributed by atoms with Gasteiger partial charge in [0.15, 0.2) is 0 Å². The summed E-state index contributed by atoms with van der Waals surface area (Å²) in [5.41, 5.74) is 1.30. The average molecular weight is 484 g/mol. The summed E-state index contributed by atoms with van der Waals surface area (Å²) in [7, 11) is -3.74. The van der Waals surface area contributed by atoms with Crippen LogP contribution in [0, 0.1) is 17.1 Å². The predicted molar refractivity (Wildman–Crippen MR) is 120 cm³/mol. The Labute approximate surface area is 196 Å². The first-order valence-electron chi connectivity index (χ1n) is 10.7. The highest BCUT2D eigenvalue weighted by Gasteiger charge is 2.33. The van der Waals surface area contributed by atoms with Crippen LogP contribution < -0.4 is 0 Å². The van der Waals surface area contributed by atoms with Crippen LogP contribution in [0.3, 0.4) is 0 Å². The Morgan fingerprint density at radius 2 is 1.65 bits per heavy atom. The number of piperazine rings is 1. The van der Waals surface area contributed by atoms with Crippen molar-refractivity contribution in [3.8, 4) is 6.07 Å². The van der Waals surface area contributed by atoms with Gasteiger partial charge in [0.1, 0.15) is 11.5 Å². The van der Waals surface area contributed by atoms with Crippen LogP contribution in [-0.2, 0) is 26.2 Å². The Kier molecular flexibility index (Phi) is 6.72. The van der Waals surface area contributed by atoms with Crippen molar-refractivity contribution in [2.75, 3.05) is 26.2 Å². The second kappa shape index (κ2) is 9.70. The van der Waals surface area contributed by atoms with Crippen LogP contribution in [0.25, 0.3) is 0 Å². The lowest BCUT2D eigenvalue weighted by molar-refractivity contribution is -0.132. The molecule has 2 aliphatic heterocycles. The quantitative estimate of drug-likeness (QED) is 0.642. The van der Waals surface area contributed by atoms with E-state index in [1.807, 2.05) is 6.07 Å². The van der Waals surface area contributed by atoms with Gasteiger partial charge in [0, 0.05) is 39.0 Å². The summed E-state index contributed by atoms with van der Waals surface area (Å²) in [6.07, 6.45) is 0.347. The normalized spacial score (nSPS) is 17.3. The summed E-state index contributed by atoms with van der Waals surface area (Å²) < 4.78 is 40.2. The molecule has 2 aromatic carbocycles. The lowest BCUT2D eigenvalue weighted by Crippen LogP contribution is -2.52. The van der Waals surface area contributed by atoms with Gasteiger partial charge in [-0.2, -0.15) is 14.7 Å². The number of amides is 2. The van der Waals surface area contributed by atoms with Gasteiger partial charge in [0.25, 0.3) is 5.91 Å². The van der Waals surface area contributed by atoms with Crippen LogP contribution in [-0.4, -0.2) is 66.3 Å². The molecule has 0 atom stereocenters. The van der Waals surface area contributed by atoms with E-state index in [1.54, 1.807) is 12.1 Å². The van der Waals surface area contributed by atoms with Gasteiger partial charge < -0.3 is 4.90 Å². The highest BCUT2D eigenvalue weighted by atomic mass is 32.2. The number of nitrogens with zero attached hydrogens (tertiary/aromatic N) is 5. The van der Waals surface area contributed by atoms with Gasteiger partial charge in [0.05, 0.1) is 23.1 Å². The number of hydrogen-bond acceptors (Lipinski definition) is 6. The molecule has 0 bridgehead atoms. The number of halogens is 1. The Morgan fingerprint density at radius 3 is 2.26 bits per heavy atom. The van der Waals surface area contributed by atoms with E-state index >= 15 is 0 Å². The van der Waals surface area contributed by atoms with E-state index in [0.29, 0.717) is 11.1 Å². The number of nitriles is 1. The smallest absolute Gasteiger partial charge is 0.270 e. The van der Waals surface area contributed by atoms with Crippen LogP contribution in [0.15, 0.2) is 58.5 Å². The van der Waals surface area contributed by atoms with Crippen molar-refractivity contribution in [2.24, 2.45) is 5.10 Å². The molecule has 2 amide bonds. The number of sulfonamides is 1. The molecule has 2 aliphatic rings. The summed E-state index contributed by atoms with van der Waals surface area (Å²) in [6.45, 7) is 0.768. The molecule has 1 saturated heterocycles. The monoisotopic (exact) mass is 483 g/mol. The molecule has 176 valence electrons. The number of benzene rings is 2. The summed E-state index contributed by atoms with van der Waals surface area (Å²) in [5, 5.41) is 14.4. The third-order valence-corrected chi connectivity index (χ3v) is 7.66. The third kappa shape index (κ3) is 4.98. The fourth-order valence-electron chi connectivity index (χ4n) is 3.81. The molecule has 2 aromatic rings. The maximum Gasteiger partial charge on any atom is 0.270 e. The van der Waals surface area contributed by atoms with Gasteiger partial charge in [-0.1, -0.05) is 12.1 Å². The molecule has 0 radical (unpaired) electrons. The van der Waals surface area contributed by atoms with Gasteiger partial charge in [0.2, 0.25) is 15.9 Å². The predicted octanol–water partition coefficient (Wildman–Crippen LogP) is 1.71. The number of carbonyl (C=O) groups is 2. The lowest BCUT2D eigenvalue weighted by Gasteiger charge is -2.35. The molecule has 0 spiro atoms. The molecule has 4 rings (SSSR count). The van der Waals surface area contributed by atoms with Crippen molar-refractivity contribution in [2.45, 2.75) is 24.3 Å². The maximum absolute atomic E-state index is 13.1. The Morgan fingerprint density at radius 1 is 1.00 bits per heavy atom. The zero-order valence-corrected chi connectivity index (χ0v) is 19.0. The van der Waals surface area contributed by atoms with Crippen molar-refractivity contribution in [3.63, 3.8) is 0 Å². The third-order valence-electron chi connectivity index (χ3n) is 5.74. The first-order valence-corrected chi connectivity index (χ1v) is 12.1. The fourth-order valence-corrected chi connectivity index (χ4v) is 5.23. The second-order valence-corrected chi connectivity index (χ2v) is 9.89. The minimum absolute atomic E-state index is 0.0953. The zero-order valence-electron chi connectivity index (χ0n) is 18.2. The Balaban J connectivity index is 1.40. The summed E-state index contributed by atoms with van der Waals surface area (Å²) in [6, 6.07) is 13.4. The number of hydrogen-bond donors (Lipinski definition) is 0. The Hall–Kier alpha value is -3.62. The molecule has 1 fully saturated rings. The fraction of sp³-hybridized carbons (Fsp3) is 0.304. The van der Waals surface area contributed by atoms with E-state index < -0.39 is 10.0 Å². The number of rotatable bonds is 5. The molecule has 0 unspecified atom stereocenters. The van der Waals surface area contributed by atoms with Gasteiger partial charge in [-0.05, 0) is 42.0 Å². The molecule has 34 heavy (non-hydrogen) atoms. The summed E-state index contributed by atoms with van der Waals surface area (Å²) >= 11 is 0. The standard InChI is InChI=1S/C23H22FN5O4S/c24-19-5-1-18(2-6-19)16-29-22(30)10-9-21(26-29)23(31)27-11-13-28(14-12-27)34(32,33)20-7-3-17(15-25)4-8-20/h1-8H,9-14,16H2. The van der Waals surface area contributed by atoms with Gasteiger partial charge in [-0.25, -0.2) is 17.8 Å². The van der Waals surface area contributed by atoms with Crippen molar-refractivity contribution in [3.05, 3.63) is 65.5 Å². The van der Waals surface area contributed by atoms with Crippen LogP contribution in [0.1, 0.15) is 24.0 Å². The van der Waals surface area contributed by atoms with Crippen LogP contribution in [0.4, 0.5) is 4.39 Å². The van der Waals surface area contributed by atoms with E-state index in [9.17, 15) is 22.4 Å². The second-order valence-electron chi connectivity index (χ2n) is 7.96. The molecular formula is C23H22FN5O4S. The molecule has 2 heterocycles. The highest BCUT2D eigenvalue weighted by molar-refractivity contribution is 7.89. The zero-order chi connectivity index (χ0) is 24.3. The number of carbonyl (C=O) groups excluding carboxylic acids is 2. The summed E-state index contributed by atoms with van der Waals surface area (Å²) in [4.78, 5) is 26.9.